The Morgan fingerprint density at radius 1 is 1.38 bits per heavy atom. The molecule has 1 aromatic carbocycles. The number of methoxy groups -OCH3 is 1. The molecule has 0 spiro atoms. The quantitative estimate of drug-likeness (QED) is 0.826. The van der Waals surface area contributed by atoms with Crippen molar-refractivity contribution in [3.05, 3.63) is 29.8 Å². The lowest BCUT2D eigenvalue weighted by Gasteiger charge is -2.20. The second kappa shape index (κ2) is 6.14. The zero-order chi connectivity index (χ0) is 12.0. The average Bonchev–Trinajstić information content (AvgIpc) is 2.29. The third-order valence-electron chi connectivity index (χ3n) is 2.54. The summed E-state index contributed by atoms with van der Waals surface area (Å²) in [6.45, 7) is 4.08. The highest BCUT2D eigenvalue weighted by atomic mass is 16.5. The normalized spacial score (nSPS) is 13.9. The fraction of sp³-hybridized carbons (Fsp3) is 0.462. The molecule has 1 rings (SSSR count). The minimum atomic E-state index is 0.180. The van der Waals surface area contributed by atoms with E-state index in [4.69, 9.17) is 10.00 Å². The lowest BCUT2D eigenvalue weighted by Crippen LogP contribution is -2.28. The number of hydrogen-bond acceptors (Lipinski definition) is 3. The Morgan fingerprint density at radius 3 is 2.69 bits per heavy atom. The molecule has 16 heavy (non-hydrogen) atoms. The van der Waals surface area contributed by atoms with Crippen LogP contribution in [0.15, 0.2) is 24.3 Å². The first-order chi connectivity index (χ1) is 7.69. The molecule has 0 aliphatic rings. The number of nitriles is 1. The second-order valence-electron chi connectivity index (χ2n) is 3.89. The van der Waals surface area contributed by atoms with Crippen LogP contribution in [0.2, 0.25) is 0 Å². The van der Waals surface area contributed by atoms with E-state index in [9.17, 15) is 0 Å². The summed E-state index contributed by atoms with van der Waals surface area (Å²) < 4.78 is 5.30. The zero-order valence-electron chi connectivity index (χ0n) is 10.0. The van der Waals surface area contributed by atoms with Crippen LogP contribution in [0.4, 0.5) is 0 Å². The Hall–Kier alpha value is -1.53. The van der Waals surface area contributed by atoms with Crippen molar-refractivity contribution in [3.8, 4) is 11.8 Å². The van der Waals surface area contributed by atoms with Crippen molar-refractivity contribution in [1.29, 1.82) is 5.26 Å². The van der Waals surface area contributed by atoms with Gasteiger partial charge in [0.2, 0.25) is 0 Å². The summed E-state index contributed by atoms with van der Waals surface area (Å²) in [5.41, 5.74) is 1.12. The van der Waals surface area contributed by atoms with Gasteiger partial charge in [-0.3, -0.25) is 0 Å². The van der Waals surface area contributed by atoms with Gasteiger partial charge in [0.15, 0.2) is 0 Å². The first-order valence-electron chi connectivity index (χ1n) is 5.45. The van der Waals surface area contributed by atoms with E-state index >= 15 is 0 Å². The molecule has 1 unspecified atom stereocenters. The molecule has 0 aliphatic carbocycles. The van der Waals surface area contributed by atoms with Crippen LogP contribution >= 0.6 is 0 Å². The minimum absolute atomic E-state index is 0.180. The fourth-order valence-electron chi connectivity index (χ4n) is 1.74. The van der Waals surface area contributed by atoms with E-state index in [1.165, 1.54) is 0 Å². The van der Waals surface area contributed by atoms with Crippen LogP contribution in [-0.4, -0.2) is 13.2 Å². The predicted octanol–water partition coefficient (Wildman–Crippen LogP) is 2.65. The Balaban J connectivity index is 2.72. The van der Waals surface area contributed by atoms with Gasteiger partial charge in [-0.15, -0.1) is 0 Å². The number of benzene rings is 1. The average molecular weight is 218 g/mol. The first kappa shape index (κ1) is 12.5. The predicted molar refractivity (Wildman–Crippen MR) is 64.2 cm³/mol. The van der Waals surface area contributed by atoms with Gasteiger partial charge in [0.1, 0.15) is 5.75 Å². The molecule has 3 nitrogen and oxygen atoms in total. The molecule has 0 aliphatic heterocycles. The van der Waals surface area contributed by atoms with Gasteiger partial charge in [-0.05, 0) is 19.9 Å². The van der Waals surface area contributed by atoms with E-state index in [-0.39, 0.29) is 12.1 Å². The number of para-hydroxylation sites is 1. The largest absolute Gasteiger partial charge is 0.496 e. The second-order valence-corrected chi connectivity index (χ2v) is 3.89. The number of rotatable bonds is 5. The highest BCUT2D eigenvalue weighted by molar-refractivity contribution is 5.35. The number of hydrogen-bond donors (Lipinski definition) is 1. The maximum absolute atomic E-state index is 8.61. The molecule has 0 saturated heterocycles. The molecule has 0 bridgehead atoms. The van der Waals surface area contributed by atoms with Crippen molar-refractivity contribution in [3.63, 3.8) is 0 Å². The lowest BCUT2D eigenvalue weighted by atomic mass is 10.1. The number of ether oxygens (including phenoxy) is 1. The molecule has 0 aromatic heterocycles. The summed E-state index contributed by atoms with van der Waals surface area (Å²) in [5.74, 6) is 0.881. The first-order valence-corrected chi connectivity index (χ1v) is 5.45. The fourth-order valence-corrected chi connectivity index (χ4v) is 1.74. The van der Waals surface area contributed by atoms with E-state index in [0.29, 0.717) is 6.42 Å². The summed E-state index contributed by atoms with van der Waals surface area (Å²) in [6, 6.07) is 10.5. The van der Waals surface area contributed by atoms with Crippen LogP contribution in [0, 0.1) is 11.3 Å². The van der Waals surface area contributed by atoms with Crippen LogP contribution < -0.4 is 10.1 Å². The van der Waals surface area contributed by atoms with Crippen molar-refractivity contribution in [2.24, 2.45) is 0 Å². The molecule has 1 N–H and O–H groups in total. The molecular weight excluding hydrogens is 200 g/mol. The van der Waals surface area contributed by atoms with E-state index in [1.54, 1.807) is 7.11 Å². The summed E-state index contributed by atoms with van der Waals surface area (Å²) in [4.78, 5) is 0. The molecule has 0 heterocycles. The molecule has 0 fully saturated rings. The zero-order valence-corrected chi connectivity index (χ0v) is 10.0. The van der Waals surface area contributed by atoms with Gasteiger partial charge in [-0.25, -0.2) is 0 Å². The summed E-state index contributed by atoms with van der Waals surface area (Å²) in [7, 11) is 1.67. The highest BCUT2D eigenvalue weighted by Crippen LogP contribution is 2.24. The number of nitrogens with one attached hydrogen (secondary N) is 1. The molecule has 0 radical (unpaired) electrons. The van der Waals surface area contributed by atoms with Gasteiger partial charge in [0, 0.05) is 17.6 Å². The van der Waals surface area contributed by atoms with Crippen molar-refractivity contribution < 1.29 is 4.74 Å². The SMILES string of the molecule is COc1ccccc1[C@H](C)NC(C)CC#N. The molecule has 0 amide bonds. The van der Waals surface area contributed by atoms with E-state index in [2.05, 4.69) is 18.3 Å². The highest BCUT2D eigenvalue weighted by Gasteiger charge is 2.12. The smallest absolute Gasteiger partial charge is 0.123 e. The minimum Gasteiger partial charge on any atom is -0.496 e. The van der Waals surface area contributed by atoms with Crippen LogP contribution in [-0.2, 0) is 0 Å². The molecule has 86 valence electrons. The Kier molecular flexibility index (Phi) is 4.81. The van der Waals surface area contributed by atoms with Gasteiger partial charge in [0.25, 0.3) is 0 Å². The van der Waals surface area contributed by atoms with Crippen LogP contribution in [0.3, 0.4) is 0 Å². The van der Waals surface area contributed by atoms with Crippen molar-refractivity contribution >= 4 is 0 Å². The van der Waals surface area contributed by atoms with Gasteiger partial charge in [-0.1, -0.05) is 18.2 Å². The molecule has 2 atom stereocenters. The van der Waals surface area contributed by atoms with Gasteiger partial charge in [-0.2, -0.15) is 5.26 Å². The Labute approximate surface area is 97.0 Å². The molecule has 3 heteroatoms. The molecule has 1 aromatic rings. The summed E-state index contributed by atoms with van der Waals surface area (Å²) in [6.07, 6.45) is 0.513. The van der Waals surface area contributed by atoms with Crippen LogP contribution in [0.5, 0.6) is 5.75 Å². The summed E-state index contributed by atoms with van der Waals surface area (Å²) >= 11 is 0. The maximum atomic E-state index is 8.61. The van der Waals surface area contributed by atoms with E-state index in [1.807, 2.05) is 31.2 Å². The third-order valence-corrected chi connectivity index (χ3v) is 2.54. The topological polar surface area (TPSA) is 45.0 Å². The maximum Gasteiger partial charge on any atom is 0.123 e. The van der Waals surface area contributed by atoms with Gasteiger partial charge >= 0.3 is 0 Å². The van der Waals surface area contributed by atoms with Crippen LogP contribution in [0.1, 0.15) is 31.9 Å². The third kappa shape index (κ3) is 3.25. The lowest BCUT2D eigenvalue weighted by molar-refractivity contribution is 0.396. The monoisotopic (exact) mass is 218 g/mol. The Bertz CT molecular complexity index is 370. The molecular formula is C13H18N2O. The van der Waals surface area contributed by atoms with Crippen LogP contribution in [0.25, 0.3) is 0 Å². The van der Waals surface area contributed by atoms with Gasteiger partial charge in [0.05, 0.1) is 19.6 Å². The standard InChI is InChI=1S/C13H18N2O/c1-10(8-9-14)15-11(2)12-6-4-5-7-13(12)16-3/h4-7,10-11,15H,8H2,1-3H3/t10?,11-/m0/s1. The summed E-state index contributed by atoms with van der Waals surface area (Å²) in [5, 5.41) is 12.0. The van der Waals surface area contributed by atoms with Crippen molar-refractivity contribution in [2.45, 2.75) is 32.4 Å². The van der Waals surface area contributed by atoms with E-state index in [0.717, 1.165) is 11.3 Å². The van der Waals surface area contributed by atoms with Gasteiger partial charge < -0.3 is 10.1 Å². The van der Waals surface area contributed by atoms with E-state index < -0.39 is 0 Å². The van der Waals surface area contributed by atoms with Crippen molar-refractivity contribution in [2.75, 3.05) is 7.11 Å². The van der Waals surface area contributed by atoms with Crippen molar-refractivity contribution in [1.82, 2.24) is 5.32 Å². The molecule has 0 saturated carbocycles. The Morgan fingerprint density at radius 2 is 2.06 bits per heavy atom. The number of nitrogens with zero attached hydrogens (tertiary/aromatic N) is 1.